The van der Waals surface area contributed by atoms with E-state index in [4.69, 9.17) is 0 Å². The summed E-state index contributed by atoms with van der Waals surface area (Å²) < 4.78 is 1.58. The van der Waals surface area contributed by atoms with Gasteiger partial charge in [-0.3, -0.25) is 14.3 Å². The molecule has 2 atom stereocenters. The minimum atomic E-state index is -0.422. The van der Waals surface area contributed by atoms with E-state index >= 15 is 0 Å². The normalized spacial score (nSPS) is 12.6. The van der Waals surface area contributed by atoms with E-state index in [9.17, 15) is 9.59 Å². The van der Waals surface area contributed by atoms with E-state index in [0.29, 0.717) is 17.9 Å². The third kappa shape index (κ3) is 5.88. The van der Waals surface area contributed by atoms with Crippen LogP contribution in [-0.2, 0) is 9.59 Å². The van der Waals surface area contributed by atoms with Gasteiger partial charge in [0.15, 0.2) is 0 Å². The quantitative estimate of drug-likeness (QED) is 0.702. The lowest BCUT2D eigenvalue weighted by molar-refractivity contribution is -0.119. The number of rotatable bonds is 7. The van der Waals surface area contributed by atoms with Gasteiger partial charge >= 0.3 is 0 Å². The fraction of sp³-hybridized carbons (Fsp3) is 0.353. The zero-order chi connectivity index (χ0) is 17.5. The van der Waals surface area contributed by atoms with Crippen molar-refractivity contribution >= 4 is 35.6 Å². The third-order valence-electron chi connectivity index (χ3n) is 3.66. The average molecular weight is 366 g/mol. The van der Waals surface area contributed by atoms with Gasteiger partial charge in [0.1, 0.15) is 6.04 Å². The summed E-state index contributed by atoms with van der Waals surface area (Å²) in [5, 5.41) is 12.7. The molecule has 1 aromatic carbocycles. The van der Waals surface area contributed by atoms with Gasteiger partial charge in [-0.15, -0.1) is 12.4 Å². The summed E-state index contributed by atoms with van der Waals surface area (Å²) in [4.78, 5) is 24.3. The monoisotopic (exact) mass is 365 g/mol. The van der Waals surface area contributed by atoms with Gasteiger partial charge in [0, 0.05) is 36.2 Å². The highest BCUT2D eigenvalue weighted by Gasteiger charge is 2.16. The molecule has 0 aliphatic carbocycles. The fourth-order valence-electron chi connectivity index (χ4n) is 2.22. The summed E-state index contributed by atoms with van der Waals surface area (Å²) >= 11 is 0. The van der Waals surface area contributed by atoms with Crippen molar-refractivity contribution in [1.82, 2.24) is 15.1 Å². The first-order valence-electron chi connectivity index (χ1n) is 7.86. The number of aromatic nitrogens is 2. The molecule has 8 heteroatoms. The van der Waals surface area contributed by atoms with Gasteiger partial charge in [-0.25, -0.2) is 0 Å². The molecule has 3 N–H and O–H groups in total. The molecule has 25 heavy (non-hydrogen) atoms. The molecule has 2 amide bonds. The molecule has 0 saturated heterocycles. The molecule has 0 aliphatic heterocycles. The second-order valence-electron chi connectivity index (χ2n) is 5.68. The number of nitrogens with one attached hydrogen (secondary N) is 3. The van der Waals surface area contributed by atoms with Gasteiger partial charge in [0.25, 0.3) is 0 Å². The highest BCUT2D eigenvalue weighted by molar-refractivity contribution is 5.96. The first-order valence-corrected chi connectivity index (χ1v) is 7.86. The molecular weight excluding hydrogens is 342 g/mol. The molecule has 7 nitrogen and oxygen atoms in total. The van der Waals surface area contributed by atoms with Crippen LogP contribution in [0.5, 0.6) is 0 Å². The second-order valence-corrected chi connectivity index (χ2v) is 5.68. The standard InChI is InChI=1S/C17H23N5O2.ClH/c1-12(11-18-3)16(23)20-14-6-4-7-15(10-14)21-17(24)13(2)22-9-5-8-19-22;/h4-10,12-13,18H,11H2,1-3H3,(H,20,23)(H,21,24);1H. The van der Waals surface area contributed by atoms with Crippen LogP contribution in [0.3, 0.4) is 0 Å². The number of amides is 2. The number of halogens is 1. The van der Waals surface area contributed by atoms with Crippen molar-refractivity contribution in [2.75, 3.05) is 24.2 Å². The Balaban J connectivity index is 0.00000312. The van der Waals surface area contributed by atoms with Crippen LogP contribution in [-0.4, -0.2) is 35.2 Å². The fourth-order valence-corrected chi connectivity index (χ4v) is 2.22. The molecule has 0 bridgehead atoms. The van der Waals surface area contributed by atoms with Crippen LogP contribution in [0.2, 0.25) is 0 Å². The van der Waals surface area contributed by atoms with E-state index in [2.05, 4.69) is 21.0 Å². The molecule has 2 aromatic rings. The number of hydrogen-bond donors (Lipinski definition) is 3. The highest BCUT2D eigenvalue weighted by atomic mass is 35.5. The Bertz CT molecular complexity index is 690. The van der Waals surface area contributed by atoms with E-state index in [1.807, 2.05) is 6.92 Å². The molecular formula is C17H24ClN5O2. The minimum Gasteiger partial charge on any atom is -0.326 e. The van der Waals surface area contributed by atoms with Gasteiger partial charge < -0.3 is 16.0 Å². The van der Waals surface area contributed by atoms with Crippen molar-refractivity contribution < 1.29 is 9.59 Å². The van der Waals surface area contributed by atoms with Crippen LogP contribution < -0.4 is 16.0 Å². The molecule has 0 spiro atoms. The SMILES string of the molecule is CNCC(C)C(=O)Nc1cccc(NC(=O)C(C)n2cccn2)c1.Cl. The van der Waals surface area contributed by atoms with Crippen LogP contribution in [0.1, 0.15) is 19.9 Å². The van der Waals surface area contributed by atoms with Crippen molar-refractivity contribution in [2.45, 2.75) is 19.9 Å². The highest BCUT2D eigenvalue weighted by Crippen LogP contribution is 2.17. The molecule has 2 unspecified atom stereocenters. The summed E-state index contributed by atoms with van der Waals surface area (Å²) in [7, 11) is 1.81. The molecule has 0 radical (unpaired) electrons. The van der Waals surface area contributed by atoms with E-state index in [0.717, 1.165) is 0 Å². The lowest BCUT2D eigenvalue weighted by atomic mass is 10.1. The maximum absolute atomic E-state index is 12.3. The molecule has 136 valence electrons. The van der Waals surface area contributed by atoms with E-state index in [1.165, 1.54) is 0 Å². The second kappa shape index (κ2) is 9.80. The van der Waals surface area contributed by atoms with Gasteiger partial charge in [-0.2, -0.15) is 5.10 Å². The van der Waals surface area contributed by atoms with Crippen molar-refractivity contribution in [1.29, 1.82) is 0 Å². The van der Waals surface area contributed by atoms with Crippen LogP contribution in [0.4, 0.5) is 11.4 Å². The molecule has 0 saturated carbocycles. The summed E-state index contributed by atoms with van der Waals surface area (Å²) in [5.74, 6) is -0.392. The largest absolute Gasteiger partial charge is 0.326 e. The summed E-state index contributed by atoms with van der Waals surface area (Å²) in [5.41, 5.74) is 1.27. The number of hydrogen-bond acceptors (Lipinski definition) is 4. The van der Waals surface area contributed by atoms with Crippen molar-refractivity contribution in [2.24, 2.45) is 5.92 Å². The number of carbonyl (C=O) groups is 2. The Morgan fingerprint density at radius 1 is 1.12 bits per heavy atom. The Morgan fingerprint density at radius 3 is 2.32 bits per heavy atom. The van der Waals surface area contributed by atoms with Crippen molar-refractivity contribution in [3.63, 3.8) is 0 Å². The van der Waals surface area contributed by atoms with Gasteiger partial charge in [-0.05, 0) is 38.2 Å². The number of benzene rings is 1. The van der Waals surface area contributed by atoms with E-state index < -0.39 is 6.04 Å². The Kier molecular flexibility index (Phi) is 8.10. The zero-order valence-electron chi connectivity index (χ0n) is 14.5. The lowest BCUT2D eigenvalue weighted by Crippen LogP contribution is -2.28. The summed E-state index contributed by atoms with van der Waals surface area (Å²) in [6.45, 7) is 4.22. The molecule has 2 rings (SSSR count). The van der Waals surface area contributed by atoms with E-state index in [-0.39, 0.29) is 30.1 Å². The van der Waals surface area contributed by atoms with E-state index in [1.54, 1.807) is 61.4 Å². The molecule has 1 heterocycles. The minimum absolute atomic E-state index is 0. The van der Waals surface area contributed by atoms with Gasteiger partial charge in [0.2, 0.25) is 11.8 Å². The predicted molar refractivity (Wildman–Crippen MR) is 101 cm³/mol. The maximum Gasteiger partial charge on any atom is 0.248 e. The third-order valence-corrected chi connectivity index (χ3v) is 3.66. The smallest absolute Gasteiger partial charge is 0.248 e. The van der Waals surface area contributed by atoms with Crippen molar-refractivity contribution in [3.05, 3.63) is 42.7 Å². The Morgan fingerprint density at radius 2 is 1.76 bits per heavy atom. The molecule has 0 aliphatic rings. The number of carbonyl (C=O) groups excluding carboxylic acids is 2. The van der Waals surface area contributed by atoms with Gasteiger partial charge in [0.05, 0.1) is 0 Å². The van der Waals surface area contributed by atoms with Crippen LogP contribution in [0.25, 0.3) is 0 Å². The zero-order valence-corrected chi connectivity index (χ0v) is 15.3. The van der Waals surface area contributed by atoms with Gasteiger partial charge in [-0.1, -0.05) is 13.0 Å². The van der Waals surface area contributed by atoms with Crippen LogP contribution in [0.15, 0.2) is 42.7 Å². The molecule has 1 aromatic heterocycles. The summed E-state index contributed by atoms with van der Waals surface area (Å²) in [6.07, 6.45) is 3.37. The topological polar surface area (TPSA) is 88.0 Å². The van der Waals surface area contributed by atoms with Crippen molar-refractivity contribution in [3.8, 4) is 0 Å². The van der Waals surface area contributed by atoms with Crippen LogP contribution >= 0.6 is 12.4 Å². The maximum atomic E-state index is 12.3. The first kappa shape index (κ1) is 20.7. The number of anilines is 2. The lowest BCUT2D eigenvalue weighted by Gasteiger charge is -2.14. The average Bonchev–Trinajstić information content (AvgIpc) is 3.09. The number of nitrogens with zero attached hydrogens (tertiary/aromatic N) is 2. The Labute approximate surface area is 153 Å². The molecule has 0 fully saturated rings. The first-order chi connectivity index (χ1) is 11.5. The Hall–Kier alpha value is -2.38. The van der Waals surface area contributed by atoms with Crippen LogP contribution in [0, 0.1) is 5.92 Å². The summed E-state index contributed by atoms with van der Waals surface area (Å²) in [6, 6.07) is 8.43. The predicted octanol–water partition coefficient (Wildman–Crippen LogP) is 2.30.